The van der Waals surface area contributed by atoms with Gasteiger partial charge in [0.15, 0.2) is 0 Å². The lowest BCUT2D eigenvalue weighted by Crippen LogP contribution is -2.47. The summed E-state index contributed by atoms with van der Waals surface area (Å²) in [5.41, 5.74) is -0.928. The Labute approximate surface area is 256 Å². The van der Waals surface area contributed by atoms with Gasteiger partial charge in [0.05, 0.1) is 22.3 Å². The first-order valence-corrected chi connectivity index (χ1v) is 15.4. The van der Waals surface area contributed by atoms with Crippen LogP contribution in [0.4, 0.5) is 23.9 Å². The van der Waals surface area contributed by atoms with E-state index >= 15 is 0 Å². The lowest BCUT2D eigenvalue weighted by molar-refractivity contribution is -0.137. The zero-order valence-electron chi connectivity index (χ0n) is 23.9. The number of ether oxygens (including phenoxy) is 2. The van der Waals surface area contributed by atoms with Crippen LogP contribution in [-0.2, 0) is 10.9 Å². The van der Waals surface area contributed by atoms with Crippen LogP contribution >= 0.6 is 27.5 Å². The fraction of sp³-hybridized carbons (Fsp3) is 0.552. The molecular weight excluding hydrogens is 639 g/mol. The minimum atomic E-state index is -4.67. The van der Waals surface area contributed by atoms with Crippen molar-refractivity contribution in [2.24, 2.45) is 0 Å². The van der Waals surface area contributed by atoms with E-state index in [2.05, 4.69) is 36.2 Å². The van der Waals surface area contributed by atoms with Crippen LogP contribution in [0.1, 0.15) is 64.9 Å². The molecule has 13 heteroatoms. The predicted molar refractivity (Wildman–Crippen MR) is 161 cm³/mol. The van der Waals surface area contributed by atoms with Crippen molar-refractivity contribution in [2.45, 2.75) is 77.1 Å². The Balaban J connectivity index is 1.56. The Kier molecular flexibility index (Phi) is 10.5. The number of nitrogens with one attached hydrogen (secondary N) is 2. The summed E-state index contributed by atoms with van der Waals surface area (Å²) < 4.78 is 54.3. The summed E-state index contributed by atoms with van der Waals surface area (Å²) in [6, 6.07) is 3.22. The molecule has 1 aliphatic rings. The quantitative estimate of drug-likeness (QED) is 0.166. The van der Waals surface area contributed by atoms with E-state index in [-0.39, 0.29) is 23.2 Å². The number of fused-ring (bicyclic) bond motifs is 1. The van der Waals surface area contributed by atoms with Crippen molar-refractivity contribution in [3.05, 3.63) is 34.6 Å². The number of carbonyl (C=O) groups excluding carboxylic acids is 1. The lowest BCUT2D eigenvalue weighted by Gasteiger charge is -2.34. The first-order chi connectivity index (χ1) is 19.9. The number of aromatic amines is 1. The third-order valence-corrected chi connectivity index (χ3v) is 7.85. The smallest absolute Gasteiger partial charge is 0.419 e. The highest BCUT2D eigenvalue weighted by Gasteiger charge is 2.36. The van der Waals surface area contributed by atoms with Crippen LogP contribution in [0.2, 0.25) is 0 Å². The number of hydrogen-bond acceptors (Lipinski definition) is 6. The minimum Gasteiger partial charge on any atom is -0.492 e. The van der Waals surface area contributed by atoms with Crippen LogP contribution in [0.25, 0.3) is 22.2 Å². The summed E-state index contributed by atoms with van der Waals surface area (Å²) in [5, 5.41) is 3.69. The highest BCUT2D eigenvalue weighted by molar-refractivity contribution is 9.10. The Morgan fingerprint density at radius 2 is 1.98 bits per heavy atom. The van der Waals surface area contributed by atoms with Gasteiger partial charge < -0.3 is 24.7 Å². The molecule has 3 aromatic rings. The van der Waals surface area contributed by atoms with Gasteiger partial charge in [-0.3, -0.25) is 0 Å². The van der Waals surface area contributed by atoms with Crippen molar-refractivity contribution in [2.75, 3.05) is 30.9 Å². The number of likely N-dealkylation sites (tertiary alicyclic amines) is 1. The number of carbonyl (C=O) groups is 1. The fourth-order valence-electron chi connectivity index (χ4n) is 4.82. The lowest BCUT2D eigenvalue weighted by atomic mass is 10.1. The second-order valence-electron chi connectivity index (χ2n) is 11.3. The van der Waals surface area contributed by atoms with Gasteiger partial charge in [-0.15, -0.1) is 11.6 Å². The molecule has 0 saturated carbocycles. The molecule has 0 bridgehead atoms. The van der Waals surface area contributed by atoms with Gasteiger partial charge in [0, 0.05) is 48.4 Å². The number of rotatable bonds is 10. The van der Waals surface area contributed by atoms with Gasteiger partial charge in [-0.25, -0.2) is 14.8 Å². The number of nitrogens with zero attached hydrogens (tertiary/aromatic N) is 3. The summed E-state index contributed by atoms with van der Waals surface area (Å²) in [6.45, 7) is 6.77. The average Bonchev–Trinajstić information content (AvgIpc) is 3.35. The predicted octanol–water partition coefficient (Wildman–Crippen LogP) is 8.40. The summed E-state index contributed by atoms with van der Waals surface area (Å²) in [5.74, 6) is 1.29. The van der Waals surface area contributed by atoms with E-state index < -0.39 is 23.4 Å². The topological polar surface area (TPSA) is 92.4 Å². The van der Waals surface area contributed by atoms with Crippen molar-refractivity contribution in [1.29, 1.82) is 0 Å². The van der Waals surface area contributed by atoms with Crippen LogP contribution in [0.3, 0.4) is 0 Å². The van der Waals surface area contributed by atoms with Crippen LogP contribution in [0.5, 0.6) is 5.75 Å². The number of amides is 1. The molecule has 230 valence electrons. The normalized spacial score (nSPS) is 16.1. The van der Waals surface area contributed by atoms with Crippen molar-refractivity contribution >= 4 is 50.5 Å². The van der Waals surface area contributed by atoms with Gasteiger partial charge in [0.1, 0.15) is 16.9 Å². The molecule has 0 unspecified atom stereocenters. The second-order valence-corrected chi connectivity index (χ2v) is 12.5. The Morgan fingerprint density at radius 3 is 2.69 bits per heavy atom. The van der Waals surface area contributed by atoms with Crippen molar-refractivity contribution in [3.63, 3.8) is 0 Å². The Bertz CT molecular complexity index is 1380. The standard InChI is InChI=1S/C29H36BrClF3N5O3/c1-28(2,3)42-27(40)39-13-8-9-18(17-39)37-26-36-16-21(29(32,33)34)24(38-26)20-15-35-25-19(20)10-11-22(23(25)30)41-14-7-5-4-6-12-31/h10-11,15-16,18,35H,4-9,12-14,17H2,1-3H3,(H,36,37,38)/t18-/m0/s1. The van der Waals surface area contributed by atoms with Gasteiger partial charge in [0.25, 0.3) is 0 Å². The number of halogens is 5. The maximum Gasteiger partial charge on any atom is 0.419 e. The highest BCUT2D eigenvalue weighted by atomic mass is 79.9. The number of unbranched alkanes of at least 4 members (excludes halogenated alkanes) is 3. The zero-order chi connectivity index (χ0) is 30.5. The molecule has 42 heavy (non-hydrogen) atoms. The number of aromatic nitrogens is 3. The summed E-state index contributed by atoms with van der Waals surface area (Å²) in [7, 11) is 0. The highest BCUT2D eigenvalue weighted by Crippen LogP contribution is 2.41. The summed E-state index contributed by atoms with van der Waals surface area (Å²) in [6.07, 6.45) is 2.50. The third kappa shape index (κ3) is 8.21. The van der Waals surface area contributed by atoms with Gasteiger partial charge >= 0.3 is 12.3 Å². The Morgan fingerprint density at radius 1 is 1.21 bits per heavy atom. The zero-order valence-corrected chi connectivity index (χ0v) is 26.3. The molecule has 0 spiro atoms. The number of piperidine rings is 1. The molecule has 4 rings (SSSR count). The molecule has 1 amide bonds. The molecular formula is C29H36BrClF3N5O3. The molecule has 1 aromatic carbocycles. The maximum absolute atomic E-state index is 14.1. The summed E-state index contributed by atoms with van der Waals surface area (Å²) in [4.78, 5) is 25.6. The molecule has 1 fully saturated rings. The van der Waals surface area contributed by atoms with E-state index in [1.807, 2.05) is 0 Å². The van der Waals surface area contributed by atoms with E-state index in [4.69, 9.17) is 21.1 Å². The summed E-state index contributed by atoms with van der Waals surface area (Å²) >= 11 is 9.27. The van der Waals surface area contributed by atoms with Gasteiger partial charge in [0.2, 0.25) is 5.95 Å². The fourth-order valence-corrected chi connectivity index (χ4v) is 5.58. The molecule has 1 atom stereocenters. The molecule has 1 saturated heterocycles. The molecule has 2 N–H and O–H groups in total. The first-order valence-electron chi connectivity index (χ1n) is 14.0. The van der Waals surface area contributed by atoms with E-state index in [9.17, 15) is 18.0 Å². The van der Waals surface area contributed by atoms with E-state index in [0.29, 0.717) is 59.5 Å². The van der Waals surface area contributed by atoms with Gasteiger partial charge in [-0.05, 0) is 74.5 Å². The second kappa shape index (κ2) is 13.7. The number of H-pyrrole nitrogens is 1. The average molecular weight is 675 g/mol. The minimum absolute atomic E-state index is 0.0524. The van der Waals surface area contributed by atoms with E-state index in [1.54, 1.807) is 37.8 Å². The van der Waals surface area contributed by atoms with Crippen molar-refractivity contribution in [3.8, 4) is 17.0 Å². The van der Waals surface area contributed by atoms with E-state index in [1.165, 1.54) is 6.20 Å². The molecule has 1 aliphatic heterocycles. The monoisotopic (exact) mass is 673 g/mol. The first kappa shape index (κ1) is 32.2. The SMILES string of the molecule is CC(C)(C)OC(=O)N1CCC[C@H](Nc2ncc(C(F)(F)F)c(-c3c[nH]c4c(Br)c(OCCCCCCCl)ccc34)n2)C1. The number of hydrogen-bond donors (Lipinski definition) is 2. The van der Waals surface area contributed by atoms with Crippen molar-refractivity contribution < 1.29 is 27.4 Å². The number of benzene rings is 1. The van der Waals surface area contributed by atoms with Crippen LogP contribution in [0.15, 0.2) is 29.0 Å². The van der Waals surface area contributed by atoms with Crippen LogP contribution < -0.4 is 10.1 Å². The Hall–Kier alpha value is -2.73. The number of alkyl halides is 4. The number of anilines is 1. The molecule has 0 aliphatic carbocycles. The maximum atomic E-state index is 14.1. The van der Waals surface area contributed by atoms with E-state index in [0.717, 1.165) is 31.9 Å². The molecule has 0 radical (unpaired) electrons. The molecule has 3 heterocycles. The van der Waals surface area contributed by atoms with Crippen LogP contribution in [-0.4, -0.2) is 63.2 Å². The molecule has 2 aromatic heterocycles. The molecule has 8 nitrogen and oxygen atoms in total. The van der Waals surface area contributed by atoms with Crippen LogP contribution in [0, 0.1) is 0 Å². The van der Waals surface area contributed by atoms with Crippen molar-refractivity contribution in [1.82, 2.24) is 19.9 Å². The van der Waals surface area contributed by atoms with Gasteiger partial charge in [-0.2, -0.15) is 13.2 Å². The third-order valence-electron chi connectivity index (χ3n) is 6.80. The van der Waals surface area contributed by atoms with Gasteiger partial charge in [-0.1, -0.05) is 12.8 Å². The largest absolute Gasteiger partial charge is 0.492 e.